The fourth-order valence-corrected chi connectivity index (χ4v) is 6.53. The minimum Gasteiger partial charge on any atom is -0.379 e. The number of ether oxygens (including phenoxy) is 6. The number of hydrogen-bond acceptors (Lipinski definition) is 6. The van der Waals surface area contributed by atoms with Crippen LogP contribution in [-0.2, 0) is 28.4 Å². The molecule has 0 aromatic carbocycles. The third-order valence-electron chi connectivity index (χ3n) is 8.38. The van der Waals surface area contributed by atoms with Crippen LogP contribution >= 0.6 is 0 Å². The molecule has 5 atom stereocenters. The third-order valence-corrected chi connectivity index (χ3v) is 8.38. The van der Waals surface area contributed by atoms with Gasteiger partial charge in [-0.05, 0) is 32.1 Å². The highest BCUT2D eigenvalue weighted by molar-refractivity contribution is 5.03. The van der Waals surface area contributed by atoms with Crippen LogP contribution < -0.4 is 0 Å². The SMILES string of the molecule is CCCCCCCCCOC[C@@H]1O[C@H]2OC3(CCCCC3)O[C@@H]2[C@H]2OC3(CCCCC3)O[C@H]21. The first kappa shape index (κ1) is 24.5. The average molecular weight is 467 g/mol. The van der Waals surface area contributed by atoms with E-state index in [1.165, 1.54) is 51.4 Å². The topological polar surface area (TPSA) is 55.4 Å². The van der Waals surface area contributed by atoms with Crippen LogP contribution in [0.1, 0.15) is 116 Å². The molecule has 5 rings (SSSR count). The molecule has 0 unspecified atom stereocenters. The van der Waals surface area contributed by atoms with Gasteiger partial charge >= 0.3 is 0 Å². The van der Waals surface area contributed by atoms with E-state index in [4.69, 9.17) is 28.4 Å². The van der Waals surface area contributed by atoms with Crippen molar-refractivity contribution in [3.05, 3.63) is 0 Å². The zero-order valence-corrected chi connectivity index (χ0v) is 20.8. The zero-order chi connectivity index (χ0) is 22.6. The Balaban J connectivity index is 1.17. The molecule has 3 heterocycles. The van der Waals surface area contributed by atoms with Crippen LogP contribution in [0.25, 0.3) is 0 Å². The molecule has 6 heteroatoms. The summed E-state index contributed by atoms with van der Waals surface area (Å²) in [5, 5.41) is 0. The maximum absolute atomic E-state index is 6.70. The molecule has 2 aliphatic carbocycles. The highest BCUT2D eigenvalue weighted by Crippen LogP contribution is 2.50. The Kier molecular flexibility index (Phi) is 8.31. The van der Waals surface area contributed by atoms with Gasteiger partial charge in [-0.2, -0.15) is 0 Å². The Morgan fingerprint density at radius 1 is 0.636 bits per heavy atom. The Hall–Kier alpha value is -0.240. The van der Waals surface area contributed by atoms with Gasteiger partial charge in [-0.3, -0.25) is 0 Å². The first-order valence-electron chi connectivity index (χ1n) is 14.2. The molecule has 0 radical (unpaired) electrons. The number of hydrogen-bond donors (Lipinski definition) is 0. The summed E-state index contributed by atoms with van der Waals surface area (Å²) >= 11 is 0. The Labute approximate surface area is 200 Å². The Morgan fingerprint density at radius 3 is 1.91 bits per heavy atom. The van der Waals surface area contributed by atoms with E-state index in [0.29, 0.717) is 6.61 Å². The predicted molar refractivity (Wildman–Crippen MR) is 125 cm³/mol. The standard InChI is InChI=1S/C27H46O6/c1-2-3-4-5-6-7-14-19-28-20-21-22-23(31-26(30-22)15-10-8-11-16-26)24-25(29-21)33-27(32-24)17-12-9-13-18-27/h21-25H,2-20H2,1H3/t21-,22-,23-,24+,25-/m0/s1. The van der Waals surface area contributed by atoms with Gasteiger partial charge in [-0.25, -0.2) is 0 Å². The molecule has 0 aromatic rings. The van der Waals surface area contributed by atoms with E-state index in [2.05, 4.69) is 6.92 Å². The summed E-state index contributed by atoms with van der Waals surface area (Å²) in [5.74, 6) is -0.953. The minimum absolute atomic E-state index is 0.129. The molecule has 5 aliphatic rings. The summed E-state index contributed by atoms with van der Waals surface area (Å²) < 4.78 is 39.0. The van der Waals surface area contributed by atoms with Crippen LogP contribution in [0.4, 0.5) is 0 Å². The monoisotopic (exact) mass is 466 g/mol. The summed E-state index contributed by atoms with van der Waals surface area (Å²) in [4.78, 5) is 0. The van der Waals surface area contributed by atoms with Gasteiger partial charge < -0.3 is 28.4 Å². The lowest BCUT2D eigenvalue weighted by molar-refractivity contribution is -0.256. The molecular weight excluding hydrogens is 420 g/mol. The number of fused-ring (bicyclic) bond motifs is 3. The fraction of sp³-hybridized carbons (Fsp3) is 1.00. The molecule has 5 fully saturated rings. The van der Waals surface area contributed by atoms with Crippen molar-refractivity contribution in [2.24, 2.45) is 0 Å². The van der Waals surface area contributed by atoms with Crippen LogP contribution in [0.2, 0.25) is 0 Å². The Bertz CT molecular complexity index is 599. The molecule has 190 valence electrons. The number of unbranched alkanes of at least 4 members (excludes halogenated alkanes) is 6. The van der Waals surface area contributed by atoms with Crippen LogP contribution in [0.3, 0.4) is 0 Å². The van der Waals surface area contributed by atoms with Gasteiger partial charge in [-0.15, -0.1) is 0 Å². The summed E-state index contributed by atoms with van der Waals surface area (Å²) in [7, 11) is 0. The molecule has 2 spiro atoms. The fourth-order valence-electron chi connectivity index (χ4n) is 6.53. The smallest absolute Gasteiger partial charge is 0.190 e. The second-order valence-corrected chi connectivity index (χ2v) is 11.0. The quantitative estimate of drug-likeness (QED) is 0.368. The average Bonchev–Trinajstić information content (AvgIpc) is 3.37. The first-order valence-corrected chi connectivity index (χ1v) is 14.2. The molecule has 3 aliphatic heterocycles. The van der Waals surface area contributed by atoms with Crippen molar-refractivity contribution >= 4 is 0 Å². The van der Waals surface area contributed by atoms with Crippen molar-refractivity contribution in [3.63, 3.8) is 0 Å². The second-order valence-electron chi connectivity index (χ2n) is 11.0. The summed E-state index contributed by atoms with van der Waals surface area (Å²) in [6.45, 7) is 3.59. The second kappa shape index (κ2) is 11.2. The van der Waals surface area contributed by atoms with E-state index in [1.54, 1.807) is 0 Å². The van der Waals surface area contributed by atoms with Crippen molar-refractivity contribution in [1.29, 1.82) is 0 Å². The molecular formula is C27H46O6. The van der Waals surface area contributed by atoms with Crippen LogP contribution in [0.15, 0.2) is 0 Å². The van der Waals surface area contributed by atoms with Crippen molar-refractivity contribution in [2.75, 3.05) is 13.2 Å². The highest BCUT2D eigenvalue weighted by Gasteiger charge is 2.63. The maximum atomic E-state index is 6.70. The largest absolute Gasteiger partial charge is 0.379 e. The summed E-state index contributed by atoms with van der Waals surface area (Å²) in [5.41, 5.74) is 0. The lowest BCUT2D eigenvalue weighted by atomic mass is 9.94. The van der Waals surface area contributed by atoms with Crippen LogP contribution in [0, 0.1) is 0 Å². The zero-order valence-electron chi connectivity index (χ0n) is 20.8. The van der Waals surface area contributed by atoms with Crippen molar-refractivity contribution in [2.45, 2.75) is 158 Å². The van der Waals surface area contributed by atoms with E-state index in [0.717, 1.165) is 64.4 Å². The Morgan fingerprint density at radius 2 is 1.21 bits per heavy atom. The van der Waals surface area contributed by atoms with Crippen molar-refractivity contribution in [3.8, 4) is 0 Å². The lowest BCUT2D eigenvalue weighted by Gasteiger charge is -2.37. The van der Waals surface area contributed by atoms with E-state index in [1.807, 2.05) is 0 Å². The van der Waals surface area contributed by atoms with E-state index >= 15 is 0 Å². The minimum atomic E-state index is -0.489. The van der Waals surface area contributed by atoms with E-state index in [-0.39, 0.29) is 30.7 Å². The van der Waals surface area contributed by atoms with E-state index in [9.17, 15) is 0 Å². The molecule has 3 saturated heterocycles. The predicted octanol–water partition coefficient (Wildman–Crippen LogP) is 6.00. The summed E-state index contributed by atoms with van der Waals surface area (Å²) in [6, 6.07) is 0. The van der Waals surface area contributed by atoms with Crippen LogP contribution in [0.5, 0.6) is 0 Å². The number of rotatable bonds is 10. The van der Waals surface area contributed by atoms with Gasteiger partial charge in [0.25, 0.3) is 0 Å². The van der Waals surface area contributed by atoms with Gasteiger partial charge in [0, 0.05) is 32.3 Å². The molecule has 0 amide bonds. The van der Waals surface area contributed by atoms with Crippen molar-refractivity contribution in [1.82, 2.24) is 0 Å². The molecule has 0 aromatic heterocycles. The first-order chi connectivity index (χ1) is 16.2. The van der Waals surface area contributed by atoms with Gasteiger partial charge in [0.15, 0.2) is 17.9 Å². The normalized spacial score (nSPS) is 36.8. The molecule has 2 saturated carbocycles. The lowest BCUT2D eigenvalue weighted by Crippen LogP contribution is -2.56. The maximum Gasteiger partial charge on any atom is 0.190 e. The molecule has 33 heavy (non-hydrogen) atoms. The van der Waals surface area contributed by atoms with Gasteiger partial charge in [-0.1, -0.05) is 58.3 Å². The van der Waals surface area contributed by atoms with Crippen molar-refractivity contribution < 1.29 is 28.4 Å². The molecule has 0 bridgehead atoms. The van der Waals surface area contributed by atoms with Gasteiger partial charge in [0.05, 0.1) is 6.61 Å². The third kappa shape index (κ3) is 5.62. The van der Waals surface area contributed by atoms with Crippen LogP contribution in [-0.4, -0.2) is 55.5 Å². The molecule has 0 N–H and O–H groups in total. The molecule has 6 nitrogen and oxygen atoms in total. The summed E-state index contributed by atoms with van der Waals surface area (Å²) in [6.07, 6.45) is 19.0. The van der Waals surface area contributed by atoms with Gasteiger partial charge in [0.1, 0.15) is 24.4 Å². The highest BCUT2D eigenvalue weighted by atomic mass is 16.9. The van der Waals surface area contributed by atoms with E-state index < -0.39 is 11.6 Å². The van der Waals surface area contributed by atoms with Gasteiger partial charge in [0.2, 0.25) is 0 Å².